The summed E-state index contributed by atoms with van der Waals surface area (Å²) < 4.78 is 20.6. The lowest BCUT2D eigenvalue weighted by Gasteiger charge is -2.16. The van der Waals surface area contributed by atoms with Crippen molar-refractivity contribution in [2.24, 2.45) is 0 Å². The first-order valence-electron chi connectivity index (χ1n) is 10.5. The normalized spacial score (nSPS) is 17.9. The van der Waals surface area contributed by atoms with Gasteiger partial charge < -0.3 is 0 Å². The van der Waals surface area contributed by atoms with Gasteiger partial charge in [0.05, 0.1) is 29.8 Å². The highest BCUT2D eigenvalue weighted by Crippen LogP contribution is 2.50. The number of rotatable bonds is 2. The van der Waals surface area contributed by atoms with Crippen LogP contribution < -0.4 is 9.13 Å². The van der Waals surface area contributed by atoms with Crippen LogP contribution in [0.5, 0.6) is 0 Å². The molecule has 0 saturated heterocycles. The molecule has 2 aliphatic heterocycles. The third-order valence-electron chi connectivity index (χ3n) is 5.97. The molecule has 0 N–H and O–H groups in total. The summed E-state index contributed by atoms with van der Waals surface area (Å²) in [6.45, 7) is 0. The van der Waals surface area contributed by atoms with Crippen molar-refractivity contribution in [2.75, 3.05) is 0 Å². The van der Waals surface area contributed by atoms with Crippen molar-refractivity contribution in [1.82, 2.24) is 0 Å². The lowest BCUT2D eigenvalue weighted by atomic mass is 9.88. The number of fused-ring (bicyclic) bond motifs is 10. The second-order valence-corrected chi connectivity index (χ2v) is 7.37. The number of hydrogen-bond donors (Lipinski definition) is 0. The first kappa shape index (κ1) is 15.4. The molecule has 2 aromatic carbocycles. The van der Waals surface area contributed by atoms with Gasteiger partial charge in [-0.3, -0.25) is 20.2 Å². The van der Waals surface area contributed by atoms with Crippen molar-refractivity contribution in [2.45, 2.75) is 5.66 Å². The van der Waals surface area contributed by atoms with Crippen LogP contribution in [0, 0.1) is 20.2 Å². The molecule has 4 heterocycles. The monoisotopic (exact) mass is 414 g/mol. The zero-order chi connectivity index (χ0) is 23.1. The number of aromatic nitrogens is 2. The van der Waals surface area contributed by atoms with Crippen LogP contribution in [-0.2, 0) is 5.66 Å². The number of pyridine rings is 2. The van der Waals surface area contributed by atoms with Gasteiger partial charge in [0.15, 0.2) is 18.0 Å². The van der Waals surface area contributed by atoms with Crippen LogP contribution >= 0.6 is 0 Å². The minimum absolute atomic E-state index is 0.0593. The van der Waals surface area contributed by atoms with E-state index in [0.717, 1.165) is 6.07 Å². The highest BCUT2D eigenvalue weighted by molar-refractivity contribution is 5.79. The summed E-state index contributed by atoms with van der Waals surface area (Å²) in [7, 11) is 0. The number of benzene rings is 2. The van der Waals surface area contributed by atoms with E-state index in [2.05, 4.69) is 0 Å². The minimum atomic E-state index is -1.35. The standard InChI is InChI=1S/C23H14N4O4/c28-26(29)15-13-17-20-10-4-6-12-25(20)23(22(17)21(14-15)27(30)31)18-8-2-1-7-16(18)19-9-3-5-11-24(19)23/h1-14H/q+2/i1T,8T. The molecule has 0 amide bonds. The number of nitro benzene ring substituents is 2. The summed E-state index contributed by atoms with van der Waals surface area (Å²) in [4.78, 5) is 22.6. The van der Waals surface area contributed by atoms with Gasteiger partial charge in [-0.05, 0) is 24.2 Å². The van der Waals surface area contributed by atoms with Gasteiger partial charge in [-0.1, -0.05) is 12.1 Å². The average molecular weight is 414 g/mol. The Labute approximate surface area is 178 Å². The molecule has 1 spiro atoms. The third-order valence-corrected chi connectivity index (χ3v) is 5.97. The second-order valence-electron chi connectivity index (χ2n) is 7.37. The second kappa shape index (κ2) is 5.79. The predicted molar refractivity (Wildman–Crippen MR) is 109 cm³/mol. The molecule has 1 atom stereocenters. The molecule has 2 aliphatic rings. The van der Waals surface area contributed by atoms with E-state index in [4.69, 9.17) is 2.74 Å². The molecule has 0 fully saturated rings. The van der Waals surface area contributed by atoms with Gasteiger partial charge in [0.25, 0.3) is 11.4 Å². The Hall–Kier alpha value is -4.46. The van der Waals surface area contributed by atoms with Crippen molar-refractivity contribution < 1.29 is 21.7 Å². The summed E-state index contributed by atoms with van der Waals surface area (Å²) in [5.41, 5.74) is 0.854. The number of non-ortho nitro benzene ring substituents is 1. The topological polar surface area (TPSA) is 94.0 Å². The fourth-order valence-electron chi connectivity index (χ4n) is 4.92. The van der Waals surface area contributed by atoms with Crippen molar-refractivity contribution in [1.29, 1.82) is 0 Å². The van der Waals surface area contributed by atoms with Gasteiger partial charge in [0.1, 0.15) is 5.56 Å². The van der Waals surface area contributed by atoms with Gasteiger partial charge in [-0.25, -0.2) is 0 Å². The molecule has 1 unspecified atom stereocenters. The molecule has 148 valence electrons. The molecule has 4 aromatic rings. The van der Waals surface area contributed by atoms with E-state index in [1.165, 1.54) is 12.1 Å². The van der Waals surface area contributed by atoms with Gasteiger partial charge in [-0.2, -0.15) is 0 Å². The SMILES string of the molecule is [3H]c1cc([3H])c2c(c1)-c1cccc[n+]1C21c2c(cc([N+](=O)[O-])cc2[N+](=O)[O-])-c2cccc[n+]21. The number of nitro groups is 2. The van der Waals surface area contributed by atoms with E-state index in [1.807, 2.05) is 21.3 Å². The van der Waals surface area contributed by atoms with Crippen molar-refractivity contribution >= 4 is 11.4 Å². The number of nitrogens with zero attached hydrogens (tertiary/aromatic N) is 4. The van der Waals surface area contributed by atoms with E-state index in [1.54, 1.807) is 42.7 Å². The molecule has 31 heavy (non-hydrogen) atoms. The van der Waals surface area contributed by atoms with E-state index in [9.17, 15) is 20.2 Å². The Kier molecular flexibility index (Phi) is 2.87. The molecule has 0 radical (unpaired) electrons. The van der Waals surface area contributed by atoms with Crippen LogP contribution in [0.4, 0.5) is 11.4 Å². The van der Waals surface area contributed by atoms with Gasteiger partial charge in [-0.15, -0.1) is 9.13 Å². The van der Waals surface area contributed by atoms with Crippen LogP contribution in [0.15, 0.2) is 85.1 Å². The fourth-order valence-corrected chi connectivity index (χ4v) is 4.92. The summed E-state index contributed by atoms with van der Waals surface area (Å²) in [6, 6.07) is 16.4. The fraction of sp³-hybridized carbons (Fsp3) is 0.0435. The van der Waals surface area contributed by atoms with E-state index >= 15 is 0 Å². The summed E-state index contributed by atoms with van der Waals surface area (Å²) in [6.07, 6.45) is 3.54. The first-order chi connectivity index (χ1) is 15.9. The lowest BCUT2D eigenvalue weighted by molar-refractivity contribution is -0.955. The first-order valence-corrected chi connectivity index (χ1v) is 9.48. The van der Waals surface area contributed by atoms with Crippen LogP contribution in [0.1, 0.15) is 13.9 Å². The largest absolute Gasteiger partial charge is 0.424 e. The Bertz CT molecular complexity index is 1570. The van der Waals surface area contributed by atoms with Gasteiger partial charge in [0.2, 0.25) is 11.4 Å². The summed E-state index contributed by atoms with van der Waals surface area (Å²) in [5, 5.41) is 23.9. The Morgan fingerprint density at radius 3 is 2.16 bits per heavy atom. The average Bonchev–Trinajstić information content (AvgIpc) is 3.25. The highest BCUT2D eigenvalue weighted by atomic mass is 16.6. The molecular weight excluding hydrogens is 396 g/mol. The molecule has 0 saturated carbocycles. The van der Waals surface area contributed by atoms with Crippen molar-refractivity contribution in [3.05, 3.63) is 116 Å². The molecular formula is C23H14N4O4+2. The minimum Gasteiger partial charge on any atom is -0.258 e. The Morgan fingerprint density at radius 2 is 1.52 bits per heavy atom. The zero-order valence-electron chi connectivity index (χ0n) is 17.9. The van der Waals surface area contributed by atoms with Crippen LogP contribution in [0.25, 0.3) is 22.5 Å². The molecule has 0 aliphatic carbocycles. The van der Waals surface area contributed by atoms with Gasteiger partial charge in [0, 0.05) is 30.3 Å². The molecule has 8 nitrogen and oxygen atoms in total. The molecule has 0 bridgehead atoms. The van der Waals surface area contributed by atoms with Gasteiger partial charge >= 0.3 is 5.66 Å². The maximum Gasteiger partial charge on any atom is 0.424 e. The summed E-state index contributed by atoms with van der Waals surface area (Å²) >= 11 is 0. The highest BCUT2D eigenvalue weighted by Gasteiger charge is 2.69. The smallest absolute Gasteiger partial charge is 0.258 e. The summed E-state index contributed by atoms with van der Waals surface area (Å²) in [5.74, 6) is 0. The lowest BCUT2D eigenvalue weighted by Crippen LogP contribution is -2.71. The maximum absolute atomic E-state index is 12.3. The van der Waals surface area contributed by atoms with Crippen LogP contribution in [0.2, 0.25) is 0 Å². The molecule has 8 heteroatoms. The maximum atomic E-state index is 12.3. The molecule has 6 rings (SSSR count). The zero-order valence-corrected chi connectivity index (χ0v) is 15.9. The van der Waals surface area contributed by atoms with E-state index in [0.29, 0.717) is 28.1 Å². The predicted octanol–water partition coefficient (Wildman–Crippen LogP) is 3.34. The van der Waals surface area contributed by atoms with Crippen LogP contribution in [-0.4, -0.2) is 9.85 Å². The molecule has 2 aromatic heterocycles. The Morgan fingerprint density at radius 1 is 0.839 bits per heavy atom. The number of hydrogen-bond acceptors (Lipinski definition) is 4. The van der Waals surface area contributed by atoms with Crippen molar-refractivity contribution in [3.8, 4) is 22.5 Å². The Balaban J connectivity index is 1.90. The quantitative estimate of drug-likeness (QED) is 0.247. The van der Waals surface area contributed by atoms with Crippen molar-refractivity contribution in [3.63, 3.8) is 0 Å². The third kappa shape index (κ3) is 1.98. The van der Waals surface area contributed by atoms with E-state index in [-0.39, 0.29) is 23.3 Å². The van der Waals surface area contributed by atoms with Crippen LogP contribution in [0.3, 0.4) is 0 Å². The van der Waals surface area contributed by atoms with E-state index < -0.39 is 21.2 Å².